The maximum Gasteiger partial charge on any atom is 0.269 e. The normalized spacial score (nSPS) is 14.6. The molecule has 0 atom stereocenters. The lowest BCUT2D eigenvalue weighted by atomic mass is 10.3. The lowest BCUT2D eigenvalue weighted by Gasteiger charge is -2.35. The number of nitrogens with zero attached hydrogens (tertiary/aromatic N) is 7. The van der Waals surface area contributed by atoms with E-state index in [0.29, 0.717) is 43.5 Å². The van der Waals surface area contributed by atoms with Crippen LogP contribution in [0.2, 0.25) is 0 Å². The van der Waals surface area contributed by atoms with Gasteiger partial charge in [-0.15, -0.1) is 0 Å². The third-order valence-corrected chi connectivity index (χ3v) is 3.85. The molecule has 8 nitrogen and oxygen atoms in total. The smallest absolute Gasteiger partial charge is 0.269 e. The first kappa shape index (κ1) is 16.8. The first-order valence-corrected chi connectivity index (χ1v) is 7.65. The number of hydrogen-bond donors (Lipinski definition) is 0. The van der Waals surface area contributed by atoms with Gasteiger partial charge in [0.25, 0.3) is 12.0 Å². The van der Waals surface area contributed by atoms with E-state index in [-0.39, 0.29) is 0 Å². The van der Waals surface area contributed by atoms with Crippen LogP contribution in [0.25, 0.3) is 0 Å². The first-order chi connectivity index (χ1) is 12.1. The molecule has 1 aliphatic rings. The van der Waals surface area contributed by atoms with Gasteiger partial charge in [0.2, 0.25) is 5.95 Å². The molecule has 25 heavy (non-hydrogen) atoms. The molecule has 130 valence electrons. The summed E-state index contributed by atoms with van der Waals surface area (Å²) in [6.45, 7) is 1.70. The first-order valence-electron chi connectivity index (χ1n) is 7.65. The second kappa shape index (κ2) is 7.21. The summed E-state index contributed by atoms with van der Waals surface area (Å²) >= 11 is 0. The van der Waals surface area contributed by atoms with E-state index in [9.17, 15) is 13.6 Å². The highest BCUT2D eigenvalue weighted by molar-refractivity contribution is 5.46. The number of hydrogen-bond acceptors (Lipinski definition) is 7. The summed E-state index contributed by atoms with van der Waals surface area (Å²) in [6, 6.07) is 4.84. The fraction of sp³-hybridized carbons (Fsp3) is 0.400. The predicted octanol–water partition coefficient (Wildman–Crippen LogP) is 0.497. The molecule has 3 rings (SSSR count). The van der Waals surface area contributed by atoms with Crippen molar-refractivity contribution in [3.8, 4) is 6.07 Å². The average Bonchev–Trinajstić information content (AvgIpc) is 2.63. The van der Waals surface area contributed by atoms with Crippen molar-refractivity contribution in [2.75, 3.05) is 36.0 Å². The summed E-state index contributed by atoms with van der Waals surface area (Å²) in [7, 11) is 0. The van der Waals surface area contributed by atoms with Crippen LogP contribution >= 0.6 is 0 Å². The Labute approximate surface area is 141 Å². The zero-order valence-corrected chi connectivity index (χ0v) is 13.2. The molecule has 2 aromatic rings. The van der Waals surface area contributed by atoms with Gasteiger partial charge in [0, 0.05) is 38.4 Å². The highest BCUT2D eigenvalue weighted by Gasteiger charge is 2.20. The number of piperazine rings is 1. The molecule has 0 saturated carbocycles. The zero-order chi connectivity index (χ0) is 17.8. The third kappa shape index (κ3) is 3.88. The van der Waals surface area contributed by atoms with Gasteiger partial charge in [0.15, 0.2) is 0 Å². The van der Waals surface area contributed by atoms with Crippen molar-refractivity contribution >= 4 is 11.6 Å². The molecule has 10 heteroatoms. The van der Waals surface area contributed by atoms with E-state index in [1.54, 1.807) is 12.3 Å². The molecule has 1 saturated heterocycles. The zero-order valence-electron chi connectivity index (χ0n) is 13.2. The lowest BCUT2D eigenvalue weighted by Crippen LogP contribution is -2.47. The van der Waals surface area contributed by atoms with Crippen LogP contribution in [0.5, 0.6) is 0 Å². The van der Waals surface area contributed by atoms with Gasteiger partial charge in [-0.3, -0.25) is 4.79 Å². The van der Waals surface area contributed by atoms with Crippen LogP contribution in [0.1, 0.15) is 5.69 Å². The summed E-state index contributed by atoms with van der Waals surface area (Å²) in [5.41, 5.74) is 0.353. The fourth-order valence-electron chi connectivity index (χ4n) is 2.59. The Kier molecular flexibility index (Phi) is 4.83. The van der Waals surface area contributed by atoms with Crippen LogP contribution in [0, 0.1) is 11.3 Å². The van der Waals surface area contributed by atoms with Gasteiger partial charge in [-0.2, -0.15) is 10.4 Å². The molecule has 2 aromatic heterocycles. The Hall–Kier alpha value is -3.09. The Morgan fingerprint density at radius 1 is 1.24 bits per heavy atom. The number of anilines is 2. The van der Waals surface area contributed by atoms with Gasteiger partial charge in [-0.1, -0.05) is 0 Å². The number of aromatic nitrogens is 4. The quantitative estimate of drug-likeness (QED) is 0.795. The molecule has 0 aliphatic carbocycles. The van der Waals surface area contributed by atoms with E-state index in [1.165, 1.54) is 12.3 Å². The minimum atomic E-state index is -2.62. The molecule has 0 radical (unpaired) electrons. The van der Waals surface area contributed by atoms with Crippen molar-refractivity contribution in [1.82, 2.24) is 19.7 Å². The summed E-state index contributed by atoms with van der Waals surface area (Å²) in [6.07, 6.45) is 0.343. The van der Waals surface area contributed by atoms with Gasteiger partial charge >= 0.3 is 0 Å². The summed E-state index contributed by atoms with van der Waals surface area (Å²) < 4.78 is 25.5. The van der Waals surface area contributed by atoms with Gasteiger partial charge in [0.05, 0.1) is 11.9 Å². The molecule has 0 aromatic carbocycles. The van der Waals surface area contributed by atoms with E-state index >= 15 is 0 Å². The molecule has 0 N–H and O–H groups in total. The third-order valence-electron chi connectivity index (χ3n) is 3.85. The van der Waals surface area contributed by atoms with Gasteiger partial charge in [0.1, 0.15) is 18.3 Å². The Bertz CT molecular complexity index is 840. The maximum absolute atomic E-state index is 12.4. The number of nitriles is 1. The molecule has 0 spiro atoms. The van der Waals surface area contributed by atoms with Crippen molar-refractivity contribution < 1.29 is 8.78 Å². The molecular formula is C15H15F2N7O. The molecule has 0 amide bonds. The second-order valence-corrected chi connectivity index (χ2v) is 5.45. The Morgan fingerprint density at radius 2 is 1.96 bits per heavy atom. The maximum atomic E-state index is 12.4. The van der Waals surface area contributed by atoms with Gasteiger partial charge in [-0.25, -0.2) is 23.4 Å². The summed E-state index contributed by atoms with van der Waals surface area (Å²) in [4.78, 5) is 24.1. The number of rotatable bonds is 4. The van der Waals surface area contributed by atoms with E-state index in [1.807, 2.05) is 15.9 Å². The lowest BCUT2D eigenvalue weighted by molar-refractivity contribution is 0.119. The average molecular weight is 347 g/mol. The van der Waals surface area contributed by atoms with Gasteiger partial charge < -0.3 is 9.80 Å². The highest BCUT2D eigenvalue weighted by Crippen LogP contribution is 2.16. The number of halogens is 2. The van der Waals surface area contributed by atoms with E-state index in [4.69, 9.17) is 5.26 Å². The van der Waals surface area contributed by atoms with Crippen molar-refractivity contribution in [2.24, 2.45) is 0 Å². The van der Waals surface area contributed by atoms with E-state index < -0.39 is 18.5 Å². The molecule has 3 heterocycles. The predicted molar refractivity (Wildman–Crippen MR) is 85.7 cm³/mol. The van der Waals surface area contributed by atoms with Crippen LogP contribution in [0.4, 0.5) is 20.4 Å². The minimum absolute atomic E-state index is 0.305. The topological polar surface area (TPSA) is 90.9 Å². The largest absolute Gasteiger partial charge is 0.367 e. The monoisotopic (exact) mass is 347 g/mol. The van der Waals surface area contributed by atoms with Crippen molar-refractivity contribution in [3.63, 3.8) is 0 Å². The summed E-state index contributed by atoms with van der Waals surface area (Å²) in [5, 5.41) is 12.7. The fourth-order valence-corrected chi connectivity index (χ4v) is 2.59. The van der Waals surface area contributed by atoms with Crippen LogP contribution in [0.15, 0.2) is 29.3 Å². The van der Waals surface area contributed by atoms with Gasteiger partial charge in [-0.05, 0) is 6.07 Å². The molecular weight excluding hydrogens is 332 g/mol. The van der Waals surface area contributed by atoms with Crippen LogP contribution in [0.3, 0.4) is 0 Å². The minimum Gasteiger partial charge on any atom is -0.367 e. The van der Waals surface area contributed by atoms with Crippen LogP contribution in [-0.4, -0.2) is 52.4 Å². The van der Waals surface area contributed by atoms with Crippen molar-refractivity contribution in [2.45, 2.75) is 13.0 Å². The van der Waals surface area contributed by atoms with Crippen LogP contribution < -0.4 is 15.4 Å². The van der Waals surface area contributed by atoms with Crippen LogP contribution in [-0.2, 0) is 6.54 Å². The van der Waals surface area contributed by atoms with Crippen molar-refractivity contribution in [1.29, 1.82) is 5.26 Å². The Morgan fingerprint density at radius 3 is 2.60 bits per heavy atom. The molecule has 1 fully saturated rings. The second-order valence-electron chi connectivity index (χ2n) is 5.45. The SMILES string of the molecule is N#Cc1ccnc(N2CCN(c3cnn(CC(F)F)c(=O)c3)CC2)n1. The molecule has 0 unspecified atom stereocenters. The number of alkyl halides is 2. The van der Waals surface area contributed by atoms with E-state index in [2.05, 4.69) is 15.1 Å². The summed E-state index contributed by atoms with van der Waals surface area (Å²) in [5.74, 6) is 0.490. The van der Waals surface area contributed by atoms with E-state index in [0.717, 1.165) is 4.68 Å². The van der Waals surface area contributed by atoms with Crippen molar-refractivity contribution in [3.05, 3.63) is 40.6 Å². The molecule has 0 bridgehead atoms. The Balaban J connectivity index is 1.67. The highest BCUT2D eigenvalue weighted by atomic mass is 19.3. The standard InChI is InChI=1S/C15H15F2N7O/c16-13(17)10-24-14(25)7-12(9-20-24)22-3-5-23(6-4-22)15-19-2-1-11(8-18)21-15/h1-2,7,9,13H,3-6,10H2. The molecule has 1 aliphatic heterocycles.